The molecule has 3 N–H and O–H groups in total. The highest BCUT2D eigenvalue weighted by molar-refractivity contribution is 5.79. The van der Waals surface area contributed by atoms with Crippen molar-refractivity contribution in [2.45, 2.75) is 6.29 Å². The van der Waals surface area contributed by atoms with Crippen LogP contribution in [0.15, 0.2) is 48.5 Å². The number of nitrogens with zero attached hydrogens (tertiary/aromatic N) is 1. The van der Waals surface area contributed by atoms with E-state index in [0.717, 1.165) is 16.6 Å². The lowest BCUT2D eigenvalue weighted by Gasteiger charge is -2.00. The molecule has 18 heavy (non-hydrogen) atoms. The van der Waals surface area contributed by atoms with Gasteiger partial charge < -0.3 is 15.2 Å². The van der Waals surface area contributed by atoms with Gasteiger partial charge in [-0.3, -0.25) is 0 Å². The smallest absolute Gasteiger partial charge is 0.193 e. The van der Waals surface area contributed by atoms with Crippen LogP contribution in [0.4, 0.5) is 0 Å². The van der Waals surface area contributed by atoms with E-state index >= 15 is 0 Å². The van der Waals surface area contributed by atoms with Crippen molar-refractivity contribution in [3.8, 4) is 11.3 Å². The quantitative estimate of drug-likeness (QED) is 0.601. The molecule has 0 atom stereocenters. The Morgan fingerprint density at radius 3 is 2.50 bits per heavy atom. The highest BCUT2D eigenvalue weighted by Crippen LogP contribution is 2.22. The van der Waals surface area contributed by atoms with Gasteiger partial charge in [0.05, 0.1) is 11.4 Å². The summed E-state index contributed by atoms with van der Waals surface area (Å²) in [5.41, 5.74) is 2.88. The SMILES string of the molecule is OC(O)c1cc2ccc(-c3ccccc3)nc2[nH]1. The molecule has 2 aromatic heterocycles. The minimum atomic E-state index is -1.50. The predicted molar refractivity (Wildman–Crippen MR) is 68.7 cm³/mol. The number of rotatable bonds is 2. The van der Waals surface area contributed by atoms with Crippen LogP contribution < -0.4 is 0 Å². The van der Waals surface area contributed by atoms with E-state index in [-0.39, 0.29) is 0 Å². The molecule has 0 fully saturated rings. The molecule has 0 unspecified atom stereocenters. The molecular formula is C14H12N2O2. The molecule has 0 aliphatic carbocycles. The average Bonchev–Trinajstić information content (AvgIpc) is 2.82. The zero-order valence-corrected chi connectivity index (χ0v) is 9.54. The molecule has 0 spiro atoms. The number of aromatic amines is 1. The summed E-state index contributed by atoms with van der Waals surface area (Å²) in [5, 5.41) is 19.1. The second-order valence-electron chi connectivity index (χ2n) is 4.10. The molecule has 3 aromatic rings. The molecular weight excluding hydrogens is 228 g/mol. The first-order chi connectivity index (χ1) is 8.74. The maximum atomic E-state index is 9.11. The number of pyridine rings is 1. The number of benzene rings is 1. The van der Waals surface area contributed by atoms with Gasteiger partial charge in [-0.1, -0.05) is 30.3 Å². The predicted octanol–water partition coefficient (Wildman–Crippen LogP) is 2.21. The summed E-state index contributed by atoms with van der Waals surface area (Å²) >= 11 is 0. The van der Waals surface area contributed by atoms with Gasteiger partial charge in [-0.2, -0.15) is 0 Å². The fourth-order valence-corrected chi connectivity index (χ4v) is 1.94. The van der Waals surface area contributed by atoms with E-state index in [1.807, 2.05) is 42.5 Å². The van der Waals surface area contributed by atoms with E-state index < -0.39 is 6.29 Å². The van der Waals surface area contributed by atoms with Crippen LogP contribution in [0.1, 0.15) is 12.0 Å². The van der Waals surface area contributed by atoms with Crippen molar-refractivity contribution in [1.29, 1.82) is 0 Å². The molecule has 2 heterocycles. The number of hydrogen-bond acceptors (Lipinski definition) is 3. The summed E-state index contributed by atoms with van der Waals surface area (Å²) in [7, 11) is 0. The highest BCUT2D eigenvalue weighted by atomic mass is 16.5. The Morgan fingerprint density at radius 2 is 1.78 bits per heavy atom. The van der Waals surface area contributed by atoms with Crippen molar-refractivity contribution in [2.75, 3.05) is 0 Å². The fraction of sp³-hybridized carbons (Fsp3) is 0.0714. The molecule has 0 bridgehead atoms. The molecule has 0 aliphatic rings. The first-order valence-corrected chi connectivity index (χ1v) is 5.65. The normalized spacial score (nSPS) is 11.3. The molecule has 0 aliphatic heterocycles. The van der Waals surface area contributed by atoms with Crippen LogP contribution in [0.25, 0.3) is 22.3 Å². The third-order valence-corrected chi connectivity index (χ3v) is 2.85. The van der Waals surface area contributed by atoms with Gasteiger partial charge in [0.1, 0.15) is 5.65 Å². The minimum absolute atomic E-state index is 0.350. The van der Waals surface area contributed by atoms with Crippen LogP contribution in [-0.2, 0) is 0 Å². The second kappa shape index (κ2) is 4.25. The van der Waals surface area contributed by atoms with Gasteiger partial charge in [-0.05, 0) is 18.2 Å². The topological polar surface area (TPSA) is 69.1 Å². The molecule has 1 aromatic carbocycles. The first-order valence-electron chi connectivity index (χ1n) is 5.65. The number of aliphatic hydroxyl groups excluding tert-OH is 1. The molecule has 0 saturated heterocycles. The third kappa shape index (κ3) is 1.88. The number of fused-ring (bicyclic) bond motifs is 1. The zero-order chi connectivity index (χ0) is 12.5. The molecule has 4 heteroatoms. The standard InChI is InChI=1S/C14H12N2O2/c17-14(18)12-8-10-6-7-11(15-13(10)16-12)9-4-2-1-3-5-9/h1-8,14,17-18H,(H,15,16). The number of nitrogens with one attached hydrogen (secondary N) is 1. The fourth-order valence-electron chi connectivity index (χ4n) is 1.94. The van der Waals surface area contributed by atoms with Crippen LogP contribution in [0.3, 0.4) is 0 Å². The lowest BCUT2D eigenvalue weighted by atomic mass is 10.1. The monoisotopic (exact) mass is 240 g/mol. The van der Waals surface area contributed by atoms with Crippen LogP contribution >= 0.6 is 0 Å². The molecule has 0 radical (unpaired) electrons. The summed E-state index contributed by atoms with van der Waals surface area (Å²) in [6.07, 6.45) is -1.50. The number of hydrogen-bond donors (Lipinski definition) is 3. The molecule has 90 valence electrons. The highest BCUT2D eigenvalue weighted by Gasteiger charge is 2.08. The maximum absolute atomic E-state index is 9.11. The van der Waals surface area contributed by atoms with Crippen LogP contribution in [0.2, 0.25) is 0 Å². The Bertz CT molecular complexity index is 675. The van der Waals surface area contributed by atoms with Crippen molar-refractivity contribution in [3.63, 3.8) is 0 Å². The van der Waals surface area contributed by atoms with Crippen LogP contribution in [0.5, 0.6) is 0 Å². The largest absolute Gasteiger partial charge is 0.363 e. The molecule has 4 nitrogen and oxygen atoms in total. The summed E-state index contributed by atoms with van der Waals surface area (Å²) in [5.74, 6) is 0. The molecule has 0 saturated carbocycles. The Morgan fingerprint density at radius 1 is 1.00 bits per heavy atom. The third-order valence-electron chi connectivity index (χ3n) is 2.85. The molecule has 3 rings (SSSR count). The van der Waals surface area contributed by atoms with E-state index in [1.165, 1.54) is 0 Å². The van der Waals surface area contributed by atoms with E-state index in [4.69, 9.17) is 10.2 Å². The van der Waals surface area contributed by atoms with Gasteiger partial charge in [0.2, 0.25) is 0 Å². The van der Waals surface area contributed by atoms with E-state index in [0.29, 0.717) is 11.3 Å². The van der Waals surface area contributed by atoms with Gasteiger partial charge in [0, 0.05) is 10.9 Å². The van der Waals surface area contributed by atoms with Gasteiger partial charge in [-0.25, -0.2) is 4.98 Å². The lowest BCUT2D eigenvalue weighted by molar-refractivity contribution is -0.0453. The van der Waals surface area contributed by atoms with Crippen molar-refractivity contribution < 1.29 is 10.2 Å². The van der Waals surface area contributed by atoms with Gasteiger partial charge in [0.25, 0.3) is 0 Å². The summed E-state index contributed by atoms with van der Waals surface area (Å²) in [4.78, 5) is 7.36. The Labute approximate surface area is 104 Å². The lowest BCUT2D eigenvalue weighted by Crippen LogP contribution is -1.93. The van der Waals surface area contributed by atoms with Crippen molar-refractivity contribution in [3.05, 3.63) is 54.2 Å². The first kappa shape index (κ1) is 11.0. The number of aromatic nitrogens is 2. The summed E-state index contributed by atoms with van der Waals surface area (Å²) in [6, 6.07) is 15.3. The number of aliphatic hydroxyl groups is 2. The van der Waals surface area contributed by atoms with Gasteiger partial charge in [-0.15, -0.1) is 0 Å². The van der Waals surface area contributed by atoms with E-state index in [1.54, 1.807) is 6.07 Å². The van der Waals surface area contributed by atoms with Crippen LogP contribution in [0, 0.1) is 0 Å². The van der Waals surface area contributed by atoms with E-state index in [9.17, 15) is 0 Å². The minimum Gasteiger partial charge on any atom is -0.363 e. The maximum Gasteiger partial charge on any atom is 0.193 e. The average molecular weight is 240 g/mol. The Kier molecular flexibility index (Phi) is 2.59. The van der Waals surface area contributed by atoms with Crippen molar-refractivity contribution >= 4 is 11.0 Å². The summed E-state index contributed by atoms with van der Waals surface area (Å²) < 4.78 is 0. The Hall–Kier alpha value is -2.17. The second-order valence-corrected chi connectivity index (χ2v) is 4.10. The van der Waals surface area contributed by atoms with Crippen molar-refractivity contribution in [1.82, 2.24) is 9.97 Å². The zero-order valence-electron chi connectivity index (χ0n) is 9.54. The van der Waals surface area contributed by atoms with Gasteiger partial charge >= 0.3 is 0 Å². The van der Waals surface area contributed by atoms with Crippen molar-refractivity contribution in [2.24, 2.45) is 0 Å². The molecule has 0 amide bonds. The summed E-state index contributed by atoms with van der Waals surface area (Å²) in [6.45, 7) is 0. The number of H-pyrrole nitrogens is 1. The van der Waals surface area contributed by atoms with Crippen LogP contribution in [-0.4, -0.2) is 20.2 Å². The van der Waals surface area contributed by atoms with Gasteiger partial charge in [0.15, 0.2) is 6.29 Å². The van der Waals surface area contributed by atoms with E-state index in [2.05, 4.69) is 9.97 Å². The Balaban J connectivity index is 2.11.